The van der Waals surface area contributed by atoms with E-state index in [1.54, 1.807) is 0 Å². The SMILES string of the molecule is CCCC[PH](CCCC)(CCCC)CCCNC(=O)CCC1(CCC(=O)O[C@@H]2C(O[Si](C(C)C)(C(C)C)C(C)C)[C@H](n3ccc(=O)[nH]c3=O)O[C@@H]2CC)OCCO1. The number of unbranched alkanes of at least 4 members (excludes halogenated alkanes) is 3. The molecule has 12 nitrogen and oxygen atoms in total. The summed E-state index contributed by atoms with van der Waals surface area (Å²) in [6, 6.07) is 1.28. The summed E-state index contributed by atoms with van der Waals surface area (Å²) in [6.45, 7) is 23.3. The Morgan fingerprint density at radius 1 is 0.860 bits per heavy atom. The second kappa shape index (κ2) is 23.8. The molecule has 1 unspecified atom stereocenters. The van der Waals surface area contributed by atoms with Gasteiger partial charge < -0.3 is 9.16 Å². The van der Waals surface area contributed by atoms with E-state index in [4.69, 9.17) is 23.4 Å². The summed E-state index contributed by atoms with van der Waals surface area (Å²) < 4.78 is 33.5. The van der Waals surface area contributed by atoms with E-state index in [1.165, 1.54) is 80.0 Å². The van der Waals surface area contributed by atoms with Crippen LogP contribution in [0.2, 0.25) is 16.6 Å². The molecule has 2 saturated heterocycles. The van der Waals surface area contributed by atoms with Gasteiger partial charge in [-0.1, -0.05) is 48.5 Å². The minimum atomic E-state index is -2.58. The third kappa shape index (κ3) is 13.6. The monoisotopic (exact) mass is 842 g/mol. The first kappa shape index (κ1) is 49.5. The van der Waals surface area contributed by atoms with Crippen LogP contribution in [0, 0.1) is 0 Å². The topological polar surface area (TPSA) is 147 Å². The van der Waals surface area contributed by atoms with E-state index in [9.17, 15) is 19.2 Å². The summed E-state index contributed by atoms with van der Waals surface area (Å²) in [5, 5.41) is 3.17. The Kier molecular flexibility index (Phi) is 20.6. The summed E-state index contributed by atoms with van der Waals surface area (Å²) in [6.07, 6.45) is 13.9. The molecule has 330 valence electrons. The predicted molar refractivity (Wildman–Crippen MR) is 235 cm³/mol. The summed E-state index contributed by atoms with van der Waals surface area (Å²) in [7, 11) is -3.94. The Bertz CT molecular complexity index is 1430. The number of nitrogens with zero attached hydrogens (tertiary/aromatic N) is 1. The predicted octanol–water partition coefficient (Wildman–Crippen LogP) is 8.28. The Labute approximate surface area is 345 Å². The van der Waals surface area contributed by atoms with Crippen LogP contribution >= 0.6 is 7.26 Å². The van der Waals surface area contributed by atoms with Crippen LogP contribution in [0.25, 0.3) is 0 Å². The molecule has 14 heteroatoms. The molecule has 2 N–H and O–H groups in total. The van der Waals surface area contributed by atoms with Crippen LogP contribution < -0.4 is 16.6 Å². The summed E-state index contributed by atoms with van der Waals surface area (Å²) >= 11 is 0. The van der Waals surface area contributed by atoms with Crippen LogP contribution in [-0.2, 0) is 33.0 Å². The second-order valence-corrected chi connectivity index (χ2v) is 28.1. The molecule has 2 fully saturated rings. The molecule has 2 aliphatic heterocycles. The number of hydrogen-bond acceptors (Lipinski definition) is 9. The first-order valence-corrected chi connectivity index (χ1v) is 27.5. The number of hydrogen-bond donors (Lipinski definition) is 2. The van der Waals surface area contributed by atoms with Gasteiger partial charge in [0.25, 0.3) is 5.56 Å². The van der Waals surface area contributed by atoms with Crippen LogP contribution in [-0.4, -0.2) is 98.3 Å². The van der Waals surface area contributed by atoms with Gasteiger partial charge in [-0.3, -0.25) is 14.3 Å². The number of nitrogens with one attached hydrogen (secondary N) is 2. The molecule has 0 spiro atoms. The van der Waals surface area contributed by atoms with Gasteiger partial charge in [0.15, 0.2) is 12.3 Å². The van der Waals surface area contributed by atoms with E-state index in [2.05, 4.69) is 72.6 Å². The maximum absolute atomic E-state index is 13.8. The number of rotatable bonds is 27. The van der Waals surface area contributed by atoms with Crippen molar-refractivity contribution in [3.05, 3.63) is 33.1 Å². The van der Waals surface area contributed by atoms with Gasteiger partial charge in [0.05, 0.1) is 6.10 Å². The number of esters is 1. The Balaban J connectivity index is 1.69. The molecule has 2 aliphatic rings. The van der Waals surface area contributed by atoms with Gasteiger partial charge in [-0.2, -0.15) is 0 Å². The van der Waals surface area contributed by atoms with Gasteiger partial charge in [-0.15, -0.1) is 0 Å². The van der Waals surface area contributed by atoms with E-state index in [1.807, 2.05) is 6.92 Å². The number of H-pyrrole nitrogens is 1. The maximum atomic E-state index is 13.8. The van der Waals surface area contributed by atoms with Crippen LogP contribution in [0.15, 0.2) is 21.9 Å². The van der Waals surface area contributed by atoms with Gasteiger partial charge in [0.2, 0.25) is 8.32 Å². The average Bonchev–Trinajstić information content (AvgIpc) is 3.78. The fraction of sp³-hybridized carbons (Fsp3) is 0.860. The van der Waals surface area contributed by atoms with Crippen molar-refractivity contribution >= 4 is 27.5 Å². The number of aromatic nitrogens is 2. The van der Waals surface area contributed by atoms with Crippen molar-refractivity contribution in [2.45, 2.75) is 193 Å². The molecule has 0 aromatic carbocycles. The van der Waals surface area contributed by atoms with E-state index >= 15 is 0 Å². The zero-order chi connectivity index (χ0) is 42.2. The van der Waals surface area contributed by atoms with E-state index in [-0.39, 0.29) is 41.8 Å². The molecule has 0 radical (unpaired) electrons. The van der Waals surface area contributed by atoms with Gasteiger partial charge in [0, 0.05) is 12.3 Å². The molecule has 4 atom stereocenters. The molecule has 1 aromatic heterocycles. The normalized spacial score (nSPS) is 21.5. The van der Waals surface area contributed by atoms with Gasteiger partial charge >= 0.3 is 196 Å². The second-order valence-electron chi connectivity index (χ2n) is 17.7. The number of carbonyl (C=O) groups excluding carboxylic acids is 2. The van der Waals surface area contributed by atoms with Crippen LogP contribution in [0.4, 0.5) is 0 Å². The molecule has 1 amide bonds. The zero-order valence-electron chi connectivity index (χ0n) is 37.3. The molecule has 0 bridgehead atoms. The molecular formula is C43H80N3O9PSi. The molecule has 57 heavy (non-hydrogen) atoms. The minimum absolute atomic E-state index is 0.00560. The number of ether oxygens (including phenoxy) is 4. The first-order chi connectivity index (χ1) is 27.1. The summed E-state index contributed by atoms with van der Waals surface area (Å²) in [5.41, 5.74) is -0.473. The standard InChI is InChI=1S/C43H80N3O9PSi/c1-11-15-28-56(29-16-12-2,30-17-13-3)31-18-24-44-36(47)19-22-43(51-26-27-52-43)23-20-38(49)54-39-35(14-4)53-41(46-25-21-37(48)45-42(46)50)40(39)55-57(32(5)6,33(7)8)34(9)10/h21,25,32-35,39-41,56H,11-20,22-24,26-31H2,1-10H3,(H,44,47)(H,45,48,50)/t35-,39+,40?,41-/m1/s1. The van der Waals surface area contributed by atoms with Crippen molar-refractivity contribution in [1.82, 2.24) is 14.9 Å². The quantitative estimate of drug-likeness (QED) is 0.0387. The molecular weight excluding hydrogens is 762 g/mol. The van der Waals surface area contributed by atoms with Crippen molar-refractivity contribution < 1.29 is 33.0 Å². The van der Waals surface area contributed by atoms with Gasteiger partial charge in [-0.25, -0.2) is 4.79 Å². The Hall–Kier alpha value is -1.89. The molecule has 0 saturated carbocycles. The number of carbonyl (C=O) groups is 2. The van der Waals surface area contributed by atoms with E-state index < -0.39 is 63.1 Å². The van der Waals surface area contributed by atoms with Crippen LogP contribution in [0.5, 0.6) is 0 Å². The van der Waals surface area contributed by atoms with Crippen molar-refractivity contribution in [1.29, 1.82) is 0 Å². The van der Waals surface area contributed by atoms with Crippen LogP contribution in [0.1, 0.15) is 153 Å². The summed E-state index contributed by atoms with van der Waals surface area (Å²) in [4.78, 5) is 54.3. The zero-order valence-corrected chi connectivity index (χ0v) is 39.3. The first-order valence-electron chi connectivity index (χ1n) is 22.5. The summed E-state index contributed by atoms with van der Waals surface area (Å²) in [5.74, 6) is -1.53. The van der Waals surface area contributed by atoms with Crippen LogP contribution in [0.3, 0.4) is 0 Å². The Morgan fingerprint density at radius 2 is 1.40 bits per heavy atom. The van der Waals surface area contributed by atoms with Crippen molar-refractivity contribution in [2.75, 3.05) is 44.4 Å². The third-order valence-electron chi connectivity index (χ3n) is 12.8. The molecule has 0 aliphatic carbocycles. The fourth-order valence-corrected chi connectivity index (χ4v) is 21.0. The fourth-order valence-electron chi connectivity index (χ4n) is 9.70. The number of amides is 1. The van der Waals surface area contributed by atoms with Crippen molar-refractivity contribution in [3.8, 4) is 0 Å². The molecule has 3 heterocycles. The van der Waals surface area contributed by atoms with Gasteiger partial charge in [-0.05, 0) is 23.0 Å². The third-order valence-corrected chi connectivity index (χ3v) is 24.5. The van der Waals surface area contributed by atoms with E-state index in [0.717, 1.165) is 6.42 Å². The Morgan fingerprint density at radius 3 is 1.91 bits per heavy atom. The average molecular weight is 842 g/mol. The molecule has 1 aromatic rings. The van der Waals surface area contributed by atoms with Gasteiger partial charge in [0.1, 0.15) is 6.10 Å². The number of aromatic amines is 1. The molecule has 3 rings (SSSR count). The van der Waals surface area contributed by atoms with Crippen molar-refractivity contribution in [3.63, 3.8) is 0 Å². The van der Waals surface area contributed by atoms with Crippen molar-refractivity contribution in [2.24, 2.45) is 0 Å². The van der Waals surface area contributed by atoms with E-state index in [0.29, 0.717) is 32.6 Å².